The molecule has 4 heterocycles. The number of fused-ring (bicyclic) bond motifs is 3. The monoisotopic (exact) mass is 972 g/mol. The Morgan fingerprint density at radius 2 is 1.59 bits per heavy atom. The lowest BCUT2D eigenvalue weighted by molar-refractivity contribution is -0.317. The van der Waals surface area contributed by atoms with Gasteiger partial charge in [0, 0.05) is 58.5 Å². The van der Waals surface area contributed by atoms with Gasteiger partial charge in [0.25, 0.3) is 5.91 Å². The number of nitrogens with zero attached hydrogens (tertiary/aromatic N) is 1. The second-order valence-corrected chi connectivity index (χ2v) is 21.0. The molecule has 0 radical (unpaired) electrons. The zero-order valence-corrected chi connectivity index (χ0v) is 43.1. The Morgan fingerprint density at radius 1 is 0.855 bits per heavy atom. The number of hydrogen-bond donors (Lipinski definition) is 3. The van der Waals surface area contributed by atoms with E-state index in [0.717, 1.165) is 24.8 Å². The molecular weight excluding hydrogens is 887 g/mol. The summed E-state index contributed by atoms with van der Waals surface area (Å²) in [6, 6.07) is -1.07. The third-order valence-electron chi connectivity index (χ3n) is 15.6. The van der Waals surface area contributed by atoms with Crippen LogP contribution in [0.4, 0.5) is 0 Å². The van der Waals surface area contributed by atoms with Crippen LogP contribution in [-0.4, -0.2) is 152 Å². The molecule has 2 bridgehead atoms. The summed E-state index contributed by atoms with van der Waals surface area (Å²) in [6.45, 7) is 14.2. The van der Waals surface area contributed by atoms with E-state index in [-0.39, 0.29) is 73.1 Å². The number of esters is 1. The quantitative estimate of drug-likeness (QED) is 0.226. The predicted octanol–water partition coefficient (Wildman–Crippen LogP) is 6.40. The number of piperidine rings is 1. The van der Waals surface area contributed by atoms with Crippen LogP contribution in [-0.2, 0) is 52.3 Å². The van der Waals surface area contributed by atoms with Crippen LogP contribution in [0.1, 0.15) is 126 Å². The lowest BCUT2D eigenvalue weighted by atomic mass is 9.78. The van der Waals surface area contributed by atoms with Gasteiger partial charge in [0.2, 0.25) is 5.79 Å². The number of carbonyl (C=O) groups excluding carboxylic acids is 4. The van der Waals surface area contributed by atoms with Gasteiger partial charge in [0.15, 0.2) is 17.7 Å². The van der Waals surface area contributed by atoms with Crippen molar-refractivity contribution in [3.63, 3.8) is 0 Å². The van der Waals surface area contributed by atoms with Crippen LogP contribution in [0.25, 0.3) is 0 Å². The van der Waals surface area contributed by atoms with Gasteiger partial charge in [-0.25, -0.2) is 4.79 Å². The van der Waals surface area contributed by atoms with Crippen LogP contribution in [0.3, 0.4) is 0 Å². The first-order chi connectivity index (χ1) is 32.8. The van der Waals surface area contributed by atoms with Crippen molar-refractivity contribution in [2.45, 2.75) is 192 Å². The van der Waals surface area contributed by atoms with E-state index < -0.39 is 72.0 Å². The lowest BCUT2D eigenvalue weighted by Crippen LogP contribution is -2.63. The third-order valence-corrected chi connectivity index (χ3v) is 15.6. The molecule has 1 amide bonds. The van der Waals surface area contributed by atoms with E-state index in [1.807, 2.05) is 58.1 Å². The molecular formula is C54H85NO14. The average Bonchev–Trinajstić information content (AvgIpc) is 3.31. The average molecular weight is 972 g/mol. The highest BCUT2D eigenvalue weighted by Crippen LogP contribution is 2.39. The first kappa shape index (κ1) is 56.8. The number of allylic oxidation sites excluding steroid dienone is 6. The highest BCUT2D eigenvalue weighted by atomic mass is 16.6. The maximum atomic E-state index is 14.5. The van der Waals surface area contributed by atoms with Crippen LogP contribution in [0, 0.1) is 35.5 Å². The van der Waals surface area contributed by atoms with Crippen LogP contribution in [0.15, 0.2) is 47.6 Å². The number of amides is 1. The lowest BCUT2D eigenvalue weighted by Gasteiger charge is -2.46. The topological polar surface area (TPSA) is 197 Å². The van der Waals surface area contributed by atoms with Crippen LogP contribution in [0.2, 0.25) is 0 Å². The maximum absolute atomic E-state index is 14.5. The normalized spacial score (nSPS) is 39.4. The van der Waals surface area contributed by atoms with Crippen molar-refractivity contribution >= 4 is 23.4 Å². The van der Waals surface area contributed by atoms with Gasteiger partial charge in [0.05, 0.1) is 43.7 Å². The number of aliphatic hydroxyl groups is 3. The van der Waals surface area contributed by atoms with Crippen molar-refractivity contribution in [2.75, 3.05) is 41.1 Å². The molecule has 3 N–H and O–H groups in total. The van der Waals surface area contributed by atoms with E-state index in [0.29, 0.717) is 63.7 Å². The Hall–Kier alpha value is -3.12. The number of ketones is 2. The second-order valence-electron chi connectivity index (χ2n) is 21.0. The van der Waals surface area contributed by atoms with Gasteiger partial charge < -0.3 is 53.4 Å². The molecule has 16 atom stereocenters. The van der Waals surface area contributed by atoms with Crippen molar-refractivity contribution in [3.05, 3.63) is 47.6 Å². The first-order valence-electron chi connectivity index (χ1n) is 25.7. The fraction of sp³-hybridized carbons (Fsp3) is 0.778. The predicted molar refractivity (Wildman–Crippen MR) is 260 cm³/mol. The summed E-state index contributed by atoms with van der Waals surface area (Å²) >= 11 is 0. The Labute approximate surface area is 411 Å². The standard InChI is InChI=1S/C54H85NO14/c1-32-16-12-11-13-17-33(2)45(63-8)28-40-21-19-38(7)54(62,69-40)51(59)52(60)55-23-15-14-18-42(55)53(61)68-46(35(4)26-39-20-22-44(47(27-39)64-9)67-41-30-66-31-41)29-43(56)34(3)25-37(6)49(58)50(65-10)48(57)36(5)24-32/h11-13,16-17,25,32,35-42,44-47,49-51,58-59,62H,14-15,18-24,26-31H2,1-10H3/b13-11?,16-12?,33-17?,34-25+. The fourth-order valence-electron chi connectivity index (χ4n) is 11.0. The van der Waals surface area contributed by atoms with E-state index in [9.17, 15) is 34.5 Å². The van der Waals surface area contributed by atoms with Gasteiger partial charge >= 0.3 is 5.97 Å². The molecule has 0 aromatic carbocycles. The SMILES string of the molecule is COC1CC2CCC(C)C(O)(O2)C(O)C(=O)N2CCCCC2C(=O)OC(C(C)CC2CCC(OC3COC3)C(OC)C2)CC(=O)/C(C)=C/C(C)C(O)C(OC)C(=O)C(C)CC(C)C=CC=CC=C1C. The number of ether oxygens (including phenoxy) is 7. The van der Waals surface area contributed by atoms with Crippen molar-refractivity contribution in [2.24, 2.45) is 35.5 Å². The molecule has 4 aliphatic heterocycles. The largest absolute Gasteiger partial charge is 0.460 e. The fourth-order valence-corrected chi connectivity index (χ4v) is 11.0. The molecule has 69 heavy (non-hydrogen) atoms. The smallest absolute Gasteiger partial charge is 0.329 e. The van der Waals surface area contributed by atoms with Gasteiger partial charge in [-0.15, -0.1) is 0 Å². The Kier molecular flexibility index (Phi) is 21.8. The number of Topliss-reactive ketones (excluding diaryl/α,β-unsaturated/α-hetero) is 2. The van der Waals surface area contributed by atoms with E-state index in [1.54, 1.807) is 41.1 Å². The number of carbonyl (C=O) groups is 4. The van der Waals surface area contributed by atoms with Gasteiger partial charge in [-0.1, -0.05) is 71.1 Å². The van der Waals surface area contributed by atoms with Gasteiger partial charge in [-0.2, -0.15) is 0 Å². The van der Waals surface area contributed by atoms with E-state index in [1.165, 1.54) is 12.0 Å². The van der Waals surface area contributed by atoms with Crippen LogP contribution >= 0.6 is 0 Å². The Balaban J connectivity index is 1.45. The summed E-state index contributed by atoms with van der Waals surface area (Å²) in [5.74, 6) is -6.04. The van der Waals surface area contributed by atoms with Gasteiger partial charge in [-0.05, 0) is 107 Å². The summed E-state index contributed by atoms with van der Waals surface area (Å²) < 4.78 is 41.7. The Morgan fingerprint density at radius 3 is 2.26 bits per heavy atom. The summed E-state index contributed by atoms with van der Waals surface area (Å²) in [5.41, 5.74) is 1.25. The molecule has 1 aliphatic carbocycles. The zero-order chi connectivity index (χ0) is 50.6. The minimum absolute atomic E-state index is 0.0308. The van der Waals surface area contributed by atoms with Crippen LogP contribution in [0.5, 0.6) is 0 Å². The molecule has 4 fully saturated rings. The van der Waals surface area contributed by atoms with Crippen molar-refractivity contribution in [1.82, 2.24) is 4.90 Å². The van der Waals surface area contributed by atoms with Gasteiger partial charge in [0.1, 0.15) is 24.4 Å². The van der Waals surface area contributed by atoms with E-state index in [4.69, 9.17) is 33.2 Å². The number of cyclic esters (lactones) is 1. The maximum Gasteiger partial charge on any atom is 0.329 e. The summed E-state index contributed by atoms with van der Waals surface area (Å²) in [7, 11) is 4.69. The number of methoxy groups -OCH3 is 3. The molecule has 0 spiro atoms. The molecule has 5 aliphatic rings. The highest BCUT2D eigenvalue weighted by molar-refractivity contribution is 5.95. The Bertz CT molecular complexity index is 1830. The molecule has 5 rings (SSSR count). The molecule has 16 unspecified atom stereocenters. The molecule has 0 aromatic heterocycles. The molecule has 3 saturated heterocycles. The van der Waals surface area contributed by atoms with Crippen molar-refractivity contribution in [1.29, 1.82) is 0 Å². The molecule has 15 heteroatoms. The van der Waals surface area contributed by atoms with Crippen molar-refractivity contribution in [3.8, 4) is 0 Å². The first-order valence-corrected chi connectivity index (χ1v) is 25.7. The highest BCUT2D eigenvalue weighted by Gasteiger charge is 2.53. The minimum Gasteiger partial charge on any atom is -0.460 e. The number of aliphatic hydroxyl groups excluding tert-OH is 2. The summed E-state index contributed by atoms with van der Waals surface area (Å²) in [4.78, 5) is 58.3. The van der Waals surface area contributed by atoms with E-state index in [2.05, 4.69) is 0 Å². The van der Waals surface area contributed by atoms with Gasteiger partial charge in [-0.3, -0.25) is 14.4 Å². The summed E-state index contributed by atoms with van der Waals surface area (Å²) in [5, 5.41) is 35.4. The zero-order valence-electron chi connectivity index (χ0n) is 43.1. The second kappa shape index (κ2) is 26.5. The number of rotatable bonds is 8. The van der Waals surface area contributed by atoms with Crippen LogP contribution < -0.4 is 0 Å². The van der Waals surface area contributed by atoms with Crippen molar-refractivity contribution < 1.29 is 67.7 Å². The molecule has 1 saturated carbocycles. The molecule has 15 nitrogen and oxygen atoms in total. The molecule has 390 valence electrons. The third kappa shape index (κ3) is 15.0. The summed E-state index contributed by atoms with van der Waals surface area (Å²) in [6.07, 6.45) is 11.2. The molecule has 0 aromatic rings. The minimum atomic E-state index is -2.23. The number of hydrogen-bond acceptors (Lipinski definition) is 14. The van der Waals surface area contributed by atoms with E-state index >= 15 is 0 Å².